The van der Waals surface area contributed by atoms with Crippen LogP contribution in [0.3, 0.4) is 0 Å². The summed E-state index contributed by atoms with van der Waals surface area (Å²) >= 11 is 0. The molecule has 0 saturated heterocycles. The minimum atomic E-state index is -4.36. The summed E-state index contributed by atoms with van der Waals surface area (Å²) in [5, 5.41) is 0. The molecule has 0 fully saturated rings. The monoisotopic (exact) mass is 1200 g/mol. The Hall–Kier alpha value is -2.60. The molecule has 460 valence electrons. The van der Waals surface area contributed by atoms with Crippen LogP contribution < -0.4 is 0 Å². The van der Waals surface area contributed by atoms with E-state index in [1.165, 1.54) is 230 Å². The van der Waals surface area contributed by atoms with Gasteiger partial charge in [0.15, 0.2) is 0 Å². The number of ether oxygens (including phenoxy) is 4. The number of benzene rings is 2. The molecule has 0 spiro atoms. The van der Waals surface area contributed by atoms with E-state index in [1.807, 2.05) is 0 Å². The van der Waals surface area contributed by atoms with Crippen molar-refractivity contribution in [2.45, 2.75) is 271 Å². The molecule has 2 rings (SSSR count). The van der Waals surface area contributed by atoms with Gasteiger partial charge in [-0.2, -0.15) is 0 Å². The first-order valence-electron chi connectivity index (χ1n) is 31.4. The van der Waals surface area contributed by atoms with Gasteiger partial charge in [0.25, 0.3) is 0 Å². The van der Waals surface area contributed by atoms with Gasteiger partial charge in [-0.15, -0.1) is 0 Å². The average molecular weight is 1200 g/mol. The number of hydrogen-bond donors (Lipinski definition) is 0. The van der Waals surface area contributed by atoms with Crippen LogP contribution in [0.25, 0.3) is 0 Å². The summed E-state index contributed by atoms with van der Waals surface area (Å²) in [5.41, 5.74) is 0.347. The molecule has 2 aromatic rings. The SMILES string of the molecule is CCCCCCCCCCCCCCCCCCCCCOC(=O)c1ccccc1C(=O)OCCCS(=O)(=O)[O-].CCCCCCCCCCCCCCCCCCCCCOC(=O)c1ccccc1C(=O)OCCCS(=O)(=O)[O-].[Ca+2]. The van der Waals surface area contributed by atoms with Gasteiger partial charge in [-0.1, -0.05) is 269 Å². The van der Waals surface area contributed by atoms with Gasteiger partial charge in [0.2, 0.25) is 0 Å². The number of carbonyl (C=O) groups excluding carboxylic acids is 4. The molecule has 17 heteroatoms. The molecule has 0 N–H and O–H groups in total. The molecule has 0 radical (unpaired) electrons. The number of carbonyl (C=O) groups is 4. The van der Waals surface area contributed by atoms with Crippen LogP contribution in [0.15, 0.2) is 48.5 Å². The zero-order valence-corrected chi connectivity index (χ0v) is 54.2. The smallest absolute Gasteiger partial charge is 0.748 e. The second kappa shape index (κ2) is 54.1. The summed E-state index contributed by atoms with van der Waals surface area (Å²) in [4.78, 5) is 49.5. The van der Waals surface area contributed by atoms with E-state index < -0.39 is 55.6 Å². The van der Waals surface area contributed by atoms with E-state index >= 15 is 0 Å². The van der Waals surface area contributed by atoms with Crippen LogP contribution in [-0.4, -0.2) is 125 Å². The quantitative estimate of drug-likeness (QED) is 0.0198. The molecule has 0 aliphatic carbocycles. The van der Waals surface area contributed by atoms with Gasteiger partial charge in [-0.3, -0.25) is 0 Å². The molecule has 0 unspecified atom stereocenters. The average Bonchev–Trinajstić information content (AvgIpc) is 3.44. The summed E-state index contributed by atoms with van der Waals surface area (Å²) in [6.07, 6.45) is 49.2. The van der Waals surface area contributed by atoms with E-state index in [0.717, 1.165) is 38.5 Å². The first-order chi connectivity index (χ1) is 38.7. The third kappa shape index (κ3) is 48.3. The van der Waals surface area contributed by atoms with Crippen molar-refractivity contribution >= 4 is 81.9 Å². The fraction of sp³-hybridized carbons (Fsp3) is 0.750. The van der Waals surface area contributed by atoms with Crippen LogP contribution in [0.2, 0.25) is 0 Å². The summed E-state index contributed by atoms with van der Waals surface area (Å²) in [5.74, 6) is -3.89. The van der Waals surface area contributed by atoms with Crippen molar-refractivity contribution in [3.63, 3.8) is 0 Å². The Morgan fingerprint density at radius 3 is 0.630 bits per heavy atom. The molecule has 81 heavy (non-hydrogen) atoms. The van der Waals surface area contributed by atoms with Crippen molar-refractivity contribution in [2.75, 3.05) is 37.9 Å². The molecule has 0 saturated carbocycles. The maximum atomic E-state index is 12.5. The molecule has 0 bridgehead atoms. The van der Waals surface area contributed by atoms with E-state index in [0.29, 0.717) is 13.2 Å². The Kier molecular flexibility index (Phi) is 52.3. The van der Waals surface area contributed by atoms with Crippen LogP contribution in [0, 0.1) is 0 Å². The fourth-order valence-electron chi connectivity index (χ4n) is 9.48. The van der Waals surface area contributed by atoms with Gasteiger partial charge < -0.3 is 28.1 Å². The summed E-state index contributed by atoms with van der Waals surface area (Å²) in [7, 11) is -8.71. The van der Waals surface area contributed by atoms with Crippen molar-refractivity contribution < 1.29 is 64.1 Å². The molecule has 14 nitrogen and oxygen atoms in total. The standard InChI is InChI=1S/2C32H54O7S.Ca/c2*1-2-3-4-5-6-7-8-9-10-11-12-13-14-15-16-17-18-19-22-26-38-31(33)29-24-20-21-25-30(29)32(34)39-27-23-28-40(35,36)37;/h2*20-21,24-25H,2-19,22-23,26-28H2,1H3,(H,35,36,37);/q;;+2/p-2. The molecule has 0 amide bonds. The minimum Gasteiger partial charge on any atom is -0.748 e. The van der Waals surface area contributed by atoms with Gasteiger partial charge in [0.05, 0.1) is 68.9 Å². The summed E-state index contributed by atoms with van der Waals surface area (Å²) in [6.45, 7) is 4.69. The predicted octanol–water partition coefficient (Wildman–Crippen LogP) is 16.4. The van der Waals surface area contributed by atoms with Crippen molar-refractivity contribution in [1.29, 1.82) is 0 Å². The van der Waals surface area contributed by atoms with Gasteiger partial charge in [0.1, 0.15) is 0 Å². The van der Waals surface area contributed by atoms with Gasteiger partial charge in [-0.25, -0.2) is 36.0 Å². The van der Waals surface area contributed by atoms with Crippen LogP contribution in [0.4, 0.5) is 0 Å². The summed E-state index contributed by atoms with van der Waals surface area (Å²) in [6, 6.07) is 12.4. The molecule has 0 heterocycles. The first kappa shape index (κ1) is 78.4. The largest absolute Gasteiger partial charge is 2.00 e. The fourth-order valence-corrected chi connectivity index (χ4v) is 10.4. The number of hydrogen-bond acceptors (Lipinski definition) is 14. The van der Waals surface area contributed by atoms with Crippen LogP contribution in [0.5, 0.6) is 0 Å². The van der Waals surface area contributed by atoms with Crippen LogP contribution in [-0.2, 0) is 39.2 Å². The van der Waals surface area contributed by atoms with Crippen molar-refractivity contribution in [1.82, 2.24) is 0 Å². The zero-order chi connectivity index (χ0) is 58.6. The molecular formula is C64H106CaO14S2. The molecule has 0 aliphatic heterocycles. The van der Waals surface area contributed by atoms with E-state index in [2.05, 4.69) is 13.8 Å². The molecule has 0 aromatic heterocycles. The third-order valence-corrected chi connectivity index (χ3v) is 15.8. The Bertz CT molecular complexity index is 1950. The molecule has 2 aromatic carbocycles. The van der Waals surface area contributed by atoms with Gasteiger partial charge in [-0.05, 0) is 49.9 Å². The Balaban J connectivity index is 0.00000156. The Morgan fingerprint density at radius 2 is 0.457 bits per heavy atom. The number of unbranched alkanes of at least 4 members (excludes halogenated alkanes) is 36. The van der Waals surface area contributed by atoms with Gasteiger partial charge >= 0.3 is 61.6 Å². The van der Waals surface area contributed by atoms with E-state index in [-0.39, 0.29) is 86.0 Å². The summed E-state index contributed by atoms with van der Waals surface area (Å²) < 4.78 is 84.6. The first-order valence-corrected chi connectivity index (χ1v) is 34.6. The Labute approximate surface area is 521 Å². The minimum absolute atomic E-state index is 0. The molecular weight excluding hydrogens is 1100 g/mol. The maximum Gasteiger partial charge on any atom is 2.00 e. The molecule has 0 atom stereocenters. The van der Waals surface area contributed by atoms with Crippen molar-refractivity contribution in [3.05, 3.63) is 70.8 Å². The van der Waals surface area contributed by atoms with Crippen LogP contribution in [0.1, 0.15) is 312 Å². The topological polar surface area (TPSA) is 220 Å². The predicted molar refractivity (Wildman–Crippen MR) is 325 cm³/mol. The van der Waals surface area contributed by atoms with E-state index in [4.69, 9.17) is 18.9 Å². The second-order valence-corrected chi connectivity index (χ2v) is 24.6. The zero-order valence-electron chi connectivity index (χ0n) is 50.4. The third-order valence-electron chi connectivity index (χ3n) is 14.2. The van der Waals surface area contributed by atoms with E-state index in [1.54, 1.807) is 24.3 Å². The normalized spacial score (nSPS) is 11.3. The maximum absolute atomic E-state index is 12.5. The van der Waals surface area contributed by atoms with Crippen LogP contribution >= 0.6 is 0 Å². The van der Waals surface area contributed by atoms with E-state index in [9.17, 15) is 45.1 Å². The van der Waals surface area contributed by atoms with Gasteiger partial charge in [0, 0.05) is 11.5 Å². The van der Waals surface area contributed by atoms with Crippen molar-refractivity contribution in [2.24, 2.45) is 0 Å². The number of esters is 4. The van der Waals surface area contributed by atoms with Crippen molar-refractivity contribution in [3.8, 4) is 0 Å². The number of rotatable bonds is 52. The molecule has 0 aliphatic rings. The Morgan fingerprint density at radius 1 is 0.296 bits per heavy atom. The second-order valence-electron chi connectivity index (χ2n) is 21.6.